The van der Waals surface area contributed by atoms with Gasteiger partial charge in [0.25, 0.3) is 5.91 Å². The molecule has 1 aromatic carbocycles. The molecule has 1 aromatic heterocycles. The minimum absolute atomic E-state index is 0.0126. The molecule has 5 nitrogen and oxygen atoms in total. The molecule has 0 unspecified atom stereocenters. The molecule has 28 heavy (non-hydrogen) atoms. The highest BCUT2D eigenvalue weighted by Crippen LogP contribution is 2.33. The Balaban J connectivity index is 1.38. The first-order chi connectivity index (χ1) is 13.5. The third kappa shape index (κ3) is 4.60. The van der Waals surface area contributed by atoms with Crippen LogP contribution < -0.4 is 0 Å². The zero-order valence-electron chi connectivity index (χ0n) is 15.3. The Kier molecular flexibility index (Phi) is 6.07. The highest BCUT2D eigenvalue weighted by molar-refractivity contribution is 6.42. The molecular formula is C20H21Cl3N4O. The number of nitrogens with zero attached hydrogens (tertiary/aromatic N) is 4. The Morgan fingerprint density at radius 3 is 2.32 bits per heavy atom. The Labute approximate surface area is 179 Å². The Hall–Kier alpha value is -1.40. The van der Waals surface area contributed by atoms with Gasteiger partial charge in [0.05, 0.1) is 28.1 Å². The minimum atomic E-state index is 0.0126. The molecular weight excluding hydrogens is 419 g/mol. The number of carbonyl (C=O) groups is 1. The summed E-state index contributed by atoms with van der Waals surface area (Å²) in [4.78, 5) is 25.8. The lowest BCUT2D eigenvalue weighted by Gasteiger charge is -2.38. The molecule has 2 heterocycles. The van der Waals surface area contributed by atoms with Crippen molar-refractivity contribution in [2.75, 3.05) is 13.1 Å². The van der Waals surface area contributed by atoms with Crippen molar-refractivity contribution in [3.05, 3.63) is 57.0 Å². The quantitative estimate of drug-likeness (QED) is 0.677. The maximum atomic E-state index is 12.8. The molecule has 2 aliphatic rings. The van der Waals surface area contributed by atoms with Crippen LogP contribution in [0.25, 0.3) is 0 Å². The summed E-state index contributed by atoms with van der Waals surface area (Å²) < 4.78 is 0. The first kappa shape index (κ1) is 19.9. The van der Waals surface area contributed by atoms with Crippen molar-refractivity contribution in [3.63, 3.8) is 0 Å². The van der Waals surface area contributed by atoms with Crippen molar-refractivity contribution in [1.82, 2.24) is 19.8 Å². The van der Waals surface area contributed by atoms with Crippen LogP contribution in [0.1, 0.15) is 41.7 Å². The predicted molar refractivity (Wildman–Crippen MR) is 111 cm³/mol. The molecule has 1 aliphatic carbocycles. The van der Waals surface area contributed by atoms with E-state index in [1.165, 1.54) is 12.8 Å². The second-order valence-electron chi connectivity index (χ2n) is 7.39. The number of hydrogen-bond donors (Lipinski definition) is 0. The van der Waals surface area contributed by atoms with E-state index in [9.17, 15) is 4.79 Å². The molecule has 4 rings (SSSR count). The lowest BCUT2D eigenvalue weighted by molar-refractivity contribution is 0.0592. The van der Waals surface area contributed by atoms with E-state index in [-0.39, 0.29) is 5.91 Å². The Bertz CT molecular complexity index is 849. The minimum Gasteiger partial charge on any atom is -0.339 e. The van der Waals surface area contributed by atoms with Crippen molar-refractivity contribution in [2.45, 2.75) is 44.3 Å². The molecule has 0 spiro atoms. The Morgan fingerprint density at radius 1 is 1.00 bits per heavy atom. The van der Waals surface area contributed by atoms with Gasteiger partial charge in [-0.15, -0.1) is 0 Å². The number of benzene rings is 1. The first-order valence-corrected chi connectivity index (χ1v) is 10.6. The van der Waals surface area contributed by atoms with Gasteiger partial charge in [-0.3, -0.25) is 14.7 Å². The van der Waals surface area contributed by atoms with Gasteiger partial charge in [0.15, 0.2) is 0 Å². The fourth-order valence-electron chi connectivity index (χ4n) is 3.78. The number of amides is 1. The number of likely N-dealkylation sites (tertiary alicyclic amines) is 1. The van der Waals surface area contributed by atoms with E-state index in [0.29, 0.717) is 32.8 Å². The average Bonchev–Trinajstić information content (AvgIpc) is 3.54. The number of hydrogen-bond acceptors (Lipinski definition) is 4. The summed E-state index contributed by atoms with van der Waals surface area (Å²) in [5, 5.41) is 1.28. The number of halogens is 3. The van der Waals surface area contributed by atoms with Crippen LogP contribution in [0.15, 0.2) is 30.6 Å². The predicted octanol–water partition coefficient (Wildman–Crippen LogP) is 4.71. The fraction of sp³-hybridized carbons (Fsp3) is 0.450. The number of carbonyl (C=O) groups excluding carboxylic acids is 1. The highest BCUT2D eigenvalue weighted by atomic mass is 35.5. The summed E-state index contributed by atoms with van der Waals surface area (Å²) in [6.45, 7) is 2.25. The van der Waals surface area contributed by atoms with Crippen molar-refractivity contribution in [1.29, 1.82) is 0 Å². The summed E-state index contributed by atoms with van der Waals surface area (Å²) >= 11 is 17.9. The monoisotopic (exact) mass is 438 g/mol. The zero-order chi connectivity index (χ0) is 19.7. The van der Waals surface area contributed by atoms with Gasteiger partial charge in [-0.05, 0) is 43.9 Å². The molecule has 2 aromatic rings. The lowest BCUT2D eigenvalue weighted by Crippen LogP contribution is -2.47. The topological polar surface area (TPSA) is 49.3 Å². The SMILES string of the molecule is O=C(c1ccc(Cl)c(Cl)c1)N1CCC(N(Cc2cnc(Cl)cn2)C2CC2)CC1. The summed E-state index contributed by atoms with van der Waals surface area (Å²) in [5.74, 6) is 0.0126. The van der Waals surface area contributed by atoms with Gasteiger partial charge in [-0.1, -0.05) is 34.8 Å². The third-order valence-electron chi connectivity index (χ3n) is 5.42. The molecule has 1 saturated heterocycles. The molecule has 0 radical (unpaired) electrons. The van der Waals surface area contributed by atoms with Crippen LogP contribution in [-0.4, -0.2) is 50.8 Å². The molecule has 1 aliphatic heterocycles. The van der Waals surface area contributed by atoms with E-state index in [2.05, 4.69) is 14.9 Å². The molecule has 0 bridgehead atoms. The fourth-order valence-corrected chi connectivity index (χ4v) is 4.18. The number of rotatable bonds is 5. The van der Waals surface area contributed by atoms with Crippen LogP contribution in [0.2, 0.25) is 15.2 Å². The van der Waals surface area contributed by atoms with E-state index < -0.39 is 0 Å². The van der Waals surface area contributed by atoms with Crippen molar-refractivity contribution in [3.8, 4) is 0 Å². The van der Waals surface area contributed by atoms with Gasteiger partial charge in [0.2, 0.25) is 0 Å². The molecule has 0 N–H and O–H groups in total. The summed E-state index contributed by atoms with van der Waals surface area (Å²) in [6.07, 6.45) is 7.70. The van der Waals surface area contributed by atoms with Crippen LogP contribution in [0.4, 0.5) is 0 Å². The largest absolute Gasteiger partial charge is 0.339 e. The van der Waals surface area contributed by atoms with Crippen LogP contribution in [0.5, 0.6) is 0 Å². The lowest BCUT2D eigenvalue weighted by atomic mass is 10.0. The van der Waals surface area contributed by atoms with E-state index in [4.69, 9.17) is 34.8 Å². The van der Waals surface area contributed by atoms with Crippen molar-refractivity contribution in [2.24, 2.45) is 0 Å². The molecule has 148 valence electrons. The normalized spacial score (nSPS) is 17.9. The van der Waals surface area contributed by atoms with E-state index in [1.54, 1.807) is 30.6 Å². The second-order valence-corrected chi connectivity index (χ2v) is 8.59. The molecule has 0 atom stereocenters. The summed E-state index contributed by atoms with van der Waals surface area (Å²) in [7, 11) is 0. The van der Waals surface area contributed by atoms with E-state index >= 15 is 0 Å². The van der Waals surface area contributed by atoms with Crippen molar-refractivity contribution < 1.29 is 4.79 Å². The van der Waals surface area contributed by atoms with Gasteiger partial charge < -0.3 is 4.90 Å². The molecule has 2 fully saturated rings. The van der Waals surface area contributed by atoms with Gasteiger partial charge in [-0.25, -0.2) is 4.98 Å². The van der Waals surface area contributed by atoms with Crippen LogP contribution in [0.3, 0.4) is 0 Å². The summed E-state index contributed by atoms with van der Waals surface area (Å²) in [5.41, 5.74) is 1.52. The molecule has 8 heteroatoms. The summed E-state index contributed by atoms with van der Waals surface area (Å²) in [6, 6.07) is 6.11. The maximum Gasteiger partial charge on any atom is 0.253 e. The standard InChI is InChI=1S/C20H21Cl3N4O/c21-17-4-1-13(9-18(17)22)20(28)26-7-5-16(6-8-26)27(15-2-3-15)12-14-10-25-19(23)11-24-14/h1,4,9-11,15-16H,2-3,5-8,12H2. The van der Waals surface area contributed by atoms with Crippen LogP contribution in [-0.2, 0) is 6.54 Å². The average molecular weight is 440 g/mol. The van der Waals surface area contributed by atoms with Gasteiger partial charge in [0.1, 0.15) is 5.15 Å². The zero-order valence-corrected chi connectivity index (χ0v) is 17.6. The second kappa shape index (κ2) is 8.54. The van der Waals surface area contributed by atoms with E-state index in [0.717, 1.165) is 38.2 Å². The van der Waals surface area contributed by atoms with Crippen LogP contribution in [0, 0.1) is 0 Å². The molecule has 1 saturated carbocycles. The van der Waals surface area contributed by atoms with Gasteiger partial charge in [0, 0.05) is 37.3 Å². The smallest absolute Gasteiger partial charge is 0.253 e. The number of aromatic nitrogens is 2. The highest BCUT2D eigenvalue weighted by Gasteiger charge is 2.36. The van der Waals surface area contributed by atoms with Crippen LogP contribution >= 0.6 is 34.8 Å². The maximum absolute atomic E-state index is 12.8. The van der Waals surface area contributed by atoms with Gasteiger partial charge >= 0.3 is 0 Å². The third-order valence-corrected chi connectivity index (χ3v) is 6.36. The first-order valence-electron chi connectivity index (χ1n) is 9.48. The Morgan fingerprint density at radius 2 is 1.71 bits per heavy atom. The van der Waals surface area contributed by atoms with E-state index in [1.807, 2.05) is 4.90 Å². The number of piperidine rings is 1. The van der Waals surface area contributed by atoms with Crippen molar-refractivity contribution >= 4 is 40.7 Å². The molecule has 1 amide bonds. The van der Waals surface area contributed by atoms with Gasteiger partial charge in [-0.2, -0.15) is 0 Å².